The number of imidazole rings is 1. The van der Waals surface area contributed by atoms with Gasteiger partial charge in [-0.15, -0.1) is 0 Å². The highest BCUT2D eigenvalue weighted by molar-refractivity contribution is 8.13. The molecule has 30 heteroatoms. The van der Waals surface area contributed by atoms with Crippen LogP contribution in [0.2, 0.25) is 0 Å². The van der Waals surface area contributed by atoms with Gasteiger partial charge in [0.05, 0.1) is 19.5 Å². The Balaban J connectivity index is 1.44. The lowest BCUT2D eigenvalue weighted by Crippen LogP contribution is -2.46. The fourth-order valence-electron chi connectivity index (χ4n) is 5.09. The predicted molar refractivity (Wildman–Crippen MR) is 198 cm³/mol. The van der Waals surface area contributed by atoms with Crippen molar-refractivity contribution in [3.63, 3.8) is 0 Å². The van der Waals surface area contributed by atoms with Crippen molar-refractivity contribution < 1.29 is 90.4 Å². The third-order valence-electron chi connectivity index (χ3n) is 8.04. The van der Waals surface area contributed by atoms with Crippen LogP contribution < -0.4 is 16.4 Å². The highest BCUT2D eigenvalue weighted by Crippen LogP contribution is 2.61. The molecule has 0 saturated carbocycles. The second kappa shape index (κ2) is 21.5. The van der Waals surface area contributed by atoms with Gasteiger partial charge in [-0.2, -0.15) is 4.31 Å². The van der Waals surface area contributed by atoms with E-state index in [-0.39, 0.29) is 54.4 Å². The van der Waals surface area contributed by atoms with Crippen LogP contribution in [-0.4, -0.2) is 134 Å². The van der Waals surface area contributed by atoms with Crippen LogP contribution in [0.15, 0.2) is 12.7 Å². The Kier molecular flexibility index (Phi) is 18.3. The van der Waals surface area contributed by atoms with Gasteiger partial charge in [0.1, 0.15) is 36.3 Å². The minimum atomic E-state index is -5.58. The topological polar surface area (TPSA) is 401 Å². The standard InChI is InChI=1S/C28H46N7O19P3S/c1-28(2,23(41)26(42)31-9-8-17(36)30-10-11-58-19(39)7-5-3-4-6-18(37)38)13-51-57(48,49)54-56(46,47)50-12-16-22(53-55(43,44)45)21(40)27(52-16)35-15-34-20-24(29)32-14-33-25(20)35/h14-16,21-23,27,40-41H,3-13H2,1-2H3,(H,30,36)(H,31,42)(H,37,38)(H,46,47)(H,48,49)(H2,29,32,33)(H2,43,44,45)/t16-,21+,22+,23+,27-/m1/s1. The van der Waals surface area contributed by atoms with Gasteiger partial charge in [0.25, 0.3) is 0 Å². The fraction of sp³-hybridized carbons (Fsp3) is 0.679. The second-order valence-corrected chi connectivity index (χ2v) is 18.6. The summed E-state index contributed by atoms with van der Waals surface area (Å²) in [4.78, 5) is 98.0. The Bertz CT molecular complexity index is 1900. The van der Waals surface area contributed by atoms with Gasteiger partial charge in [0, 0.05) is 43.5 Å². The maximum absolute atomic E-state index is 12.7. The molecule has 1 aliphatic heterocycles. The maximum atomic E-state index is 12.7. The summed E-state index contributed by atoms with van der Waals surface area (Å²) in [5, 5.41) is 34.8. The molecule has 1 fully saturated rings. The number of aliphatic hydroxyl groups excluding tert-OH is 2. The van der Waals surface area contributed by atoms with Gasteiger partial charge in [0.2, 0.25) is 11.8 Å². The van der Waals surface area contributed by atoms with E-state index in [0.29, 0.717) is 25.0 Å². The van der Waals surface area contributed by atoms with Crippen molar-refractivity contribution in [1.29, 1.82) is 0 Å². The molecular weight excluding hydrogens is 863 g/mol. The summed E-state index contributed by atoms with van der Waals surface area (Å²) in [6.45, 7) is 0.355. The zero-order chi connectivity index (χ0) is 43.5. The minimum Gasteiger partial charge on any atom is -0.481 e. The predicted octanol–water partition coefficient (Wildman–Crippen LogP) is -0.300. The minimum absolute atomic E-state index is 0.0226. The molecule has 2 aromatic rings. The van der Waals surface area contributed by atoms with Crippen LogP contribution in [0.5, 0.6) is 0 Å². The largest absolute Gasteiger partial charge is 0.481 e. The number of nitrogens with two attached hydrogens (primary N) is 1. The molecule has 3 heterocycles. The Hall–Kier alpha value is -2.97. The van der Waals surface area contributed by atoms with Gasteiger partial charge >= 0.3 is 29.4 Å². The summed E-state index contributed by atoms with van der Waals surface area (Å²) in [6, 6.07) is 0. The van der Waals surface area contributed by atoms with Crippen LogP contribution in [0, 0.1) is 5.41 Å². The molecule has 7 atom stereocenters. The normalized spacial score (nSPS) is 21.2. The number of nitrogen functional groups attached to an aromatic ring is 1. The van der Waals surface area contributed by atoms with Crippen LogP contribution in [0.3, 0.4) is 0 Å². The Morgan fingerprint density at radius 1 is 0.983 bits per heavy atom. The van der Waals surface area contributed by atoms with E-state index in [9.17, 15) is 62.7 Å². The summed E-state index contributed by atoms with van der Waals surface area (Å²) in [7, 11) is -16.4. The maximum Gasteiger partial charge on any atom is 0.481 e. The first-order chi connectivity index (χ1) is 26.9. The molecule has 328 valence electrons. The zero-order valence-electron chi connectivity index (χ0n) is 31.0. The summed E-state index contributed by atoms with van der Waals surface area (Å²) in [6.07, 6.45) is -5.05. The SMILES string of the molecule is CC(C)(COP(=O)(O)OP(=O)(O)OC[C@H]1O[C@@H](n2cnc3c(N)ncnc32)[C@@H](O)[C@H]1OP(=O)(O)O)[C@@H](O)C(=O)NCCC(=O)NCCSC(=O)CCCCCC(=O)O. The average Bonchev–Trinajstić information content (AvgIpc) is 3.67. The van der Waals surface area contributed by atoms with Gasteiger partial charge in [-0.3, -0.25) is 37.3 Å². The molecule has 0 radical (unpaired) electrons. The van der Waals surface area contributed by atoms with Gasteiger partial charge in [-0.25, -0.2) is 28.6 Å². The first-order valence-electron chi connectivity index (χ1n) is 17.2. The molecule has 2 unspecified atom stereocenters. The summed E-state index contributed by atoms with van der Waals surface area (Å²) in [5.74, 6) is -2.12. The first-order valence-corrected chi connectivity index (χ1v) is 22.7. The monoisotopic (exact) mass is 909 g/mol. The number of carboxylic acids is 1. The van der Waals surface area contributed by atoms with Crippen molar-refractivity contribution in [2.75, 3.05) is 37.8 Å². The number of rotatable bonds is 25. The summed E-state index contributed by atoms with van der Waals surface area (Å²) >= 11 is 1.02. The van der Waals surface area contributed by atoms with E-state index in [1.54, 1.807) is 0 Å². The van der Waals surface area contributed by atoms with Crippen molar-refractivity contribution in [1.82, 2.24) is 30.2 Å². The van der Waals surface area contributed by atoms with E-state index in [0.717, 1.165) is 29.0 Å². The number of anilines is 1. The molecule has 0 aliphatic carbocycles. The number of unbranched alkanes of at least 4 members (excludes halogenated alkanes) is 2. The van der Waals surface area contributed by atoms with E-state index in [4.69, 9.17) is 24.6 Å². The lowest BCUT2D eigenvalue weighted by molar-refractivity contribution is -0.137. The Labute approximate surface area is 334 Å². The van der Waals surface area contributed by atoms with E-state index in [1.807, 2.05) is 0 Å². The number of ether oxygens (including phenoxy) is 1. The third-order valence-corrected chi connectivity index (χ3v) is 12.1. The van der Waals surface area contributed by atoms with Crippen molar-refractivity contribution >= 4 is 75.1 Å². The number of nitrogens with zero attached hydrogens (tertiary/aromatic N) is 4. The lowest BCUT2D eigenvalue weighted by Gasteiger charge is -2.30. The molecule has 11 N–H and O–H groups in total. The molecule has 26 nitrogen and oxygen atoms in total. The number of phosphoric acid groups is 3. The van der Waals surface area contributed by atoms with Crippen LogP contribution in [0.4, 0.5) is 5.82 Å². The van der Waals surface area contributed by atoms with Crippen molar-refractivity contribution in [3.8, 4) is 0 Å². The average molecular weight is 910 g/mol. The molecule has 3 rings (SSSR count). The van der Waals surface area contributed by atoms with E-state index in [2.05, 4.69) is 34.4 Å². The Morgan fingerprint density at radius 2 is 1.66 bits per heavy atom. The van der Waals surface area contributed by atoms with E-state index >= 15 is 0 Å². The number of amides is 2. The summed E-state index contributed by atoms with van der Waals surface area (Å²) < 4.78 is 62.0. The van der Waals surface area contributed by atoms with Crippen LogP contribution in [0.25, 0.3) is 11.2 Å². The number of hydrogen-bond acceptors (Lipinski definition) is 19. The van der Waals surface area contributed by atoms with Crippen molar-refractivity contribution in [2.24, 2.45) is 5.41 Å². The molecule has 2 amide bonds. The summed E-state index contributed by atoms with van der Waals surface area (Å²) in [5.41, 5.74) is 4.22. The van der Waals surface area contributed by atoms with E-state index in [1.165, 1.54) is 13.8 Å². The molecule has 2 aromatic heterocycles. The van der Waals surface area contributed by atoms with Gasteiger partial charge in [0.15, 0.2) is 22.8 Å². The van der Waals surface area contributed by atoms with Crippen LogP contribution in [-0.2, 0) is 55.5 Å². The number of carboxylic acid groups (broad SMARTS) is 1. The number of phosphoric ester groups is 3. The number of carbonyl (C=O) groups is 4. The van der Waals surface area contributed by atoms with Gasteiger partial charge in [-0.1, -0.05) is 32.0 Å². The number of carbonyl (C=O) groups excluding carboxylic acids is 3. The molecular formula is C28H46N7O19P3S. The van der Waals surface area contributed by atoms with Gasteiger partial charge in [-0.05, 0) is 12.8 Å². The molecule has 0 bridgehead atoms. The number of aliphatic carboxylic acids is 1. The zero-order valence-corrected chi connectivity index (χ0v) is 34.5. The first kappa shape index (κ1) is 49.4. The van der Waals surface area contributed by atoms with E-state index < -0.39 is 90.5 Å². The number of thioether (sulfide) groups is 1. The van der Waals surface area contributed by atoms with Gasteiger partial charge < -0.3 is 56.0 Å². The molecule has 1 saturated heterocycles. The quantitative estimate of drug-likeness (QED) is 0.0451. The number of aromatic nitrogens is 4. The molecule has 0 spiro atoms. The van der Waals surface area contributed by atoms with Crippen molar-refractivity contribution in [3.05, 3.63) is 12.7 Å². The molecule has 0 aromatic carbocycles. The highest BCUT2D eigenvalue weighted by atomic mass is 32.2. The molecule has 1 aliphatic rings. The lowest BCUT2D eigenvalue weighted by atomic mass is 9.87. The van der Waals surface area contributed by atoms with Crippen LogP contribution in [0.1, 0.15) is 58.6 Å². The number of aliphatic hydroxyl groups is 2. The van der Waals surface area contributed by atoms with Crippen LogP contribution >= 0.6 is 35.2 Å². The van der Waals surface area contributed by atoms with Crippen molar-refractivity contribution in [2.45, 2.75) is 83.0 Å². The number of hydrogen-bond donors (Lipinski definition) is 10. The second-order valence-electron chi connectivity index (χ2n) is 13.2. The molecule has 58 heavy (non-hydrogen) atoms. The fourth-order valence-corrected chi connectivity index (χ4v) is 8.64. The highest BCUT2D eigenvalue weighted by Gasteiger charge is 2.50. The Morgan fingerprint density at radius 3 is 2.33 bits per heavy atom. The number of nitrogens with one attached hydrogen (secondary N) is 2. The smallest absolute Gasteiger partial charge is 0.481 e. The third kappa shape index (κ3) is 15.9. The number of fused-ring (bicyclic) bond motifs is 1.